The fraction of sp³-hybridized carbons (Fsp3) is 1.00. The molecule has 0 rings (SSSR count). The SMILES string of the molecule is CC[NH][Ti].CC[NH][Ti].CC[NH][Ti].CC[NH][Ti]. The molecule has 0 atom stereocenters. The van der Waals surface area contributed by atoms with Crippen LogP contribution in [0.25, 0.3) is 0 Å². The van der Waals surface area contributed by atoms with Crippen molar-refractivity contribution < 1.29 is 82.8 Å². The second-order valence-corrected chi connectivity index (χ2v) is 4.33. The van der Waals surface area contributed by atoms with E-state index in [-0.39, 0.29) is 0 Å². The van der Waals surface area contributed by atoms with Crippen molar-refractivity contribution in [3.8, 4) is 0 Å². The van der Waals surface area contributed by atoms with Gasteiger partial charge >= 0.3 is 152 Å². The first kappa shape index (κ1) is 27.1. The van der Waals surface area contributed by atoms with Gasteiger partial charge in [0.1, 0.15) is 0 Å². The van der Waals surface area contributed by atoms with Gasteiger partial charge in [0.05, 0.1) is 0 Å². The normalized spacial score (nSPS) is 7.00. The van der Waals surface area contributed by atoms with Crippen LogP contribution in [0.3, 0.4) is 0 Å². The zero-order valence-corrected chi connectivity index (χ0v) is 17.1. The molecule has 0 aromatic rings. The molecule has 0 heterocycles. The van der Waals surface area contributed by atoms with Crippen LogP contribution in [0.5, 0.6) is 0 Å². The Labute approximate surface area is 150 Å². The van der Waals surface area contributed by atoms with Crippen molar-refractivity contribution in [2.75, 3.05) is 26.2 Å². The van der Waals surface area contributed by atoms with Gasteiger partial charge < -0.3 is 0 Å². The van der Waals surface area contributed by atoms with Crippen molar-refractivity contribution in [3.63, 3.8) is 0 Å². The number of hydrogen-bond donors (Lipinski definition) is 4. The van der Waals surface area contributed by atoms with E-state index in [1.807, 2.05) is 82.8 Å². The summed E-state index contributed by atoms with van der Waals surface area (Å²) in [5.41, 5.74) is 0. The van der Waals surface area contributed by atoms with Crippen molar-refractivity contribution in [3.05, 3.63) is 0 Å². The van der Waals surface area contributed by atoms with E-state index in [4.69, 9.17) is 0 Å². The van der Waals surface area contributed by atoms with Crippen molar-refractivity contribution in [2.45, 2.75) is 27.7 Å². The molecule has 0 aromatic heterocycles. The molecule has 16 heavy (non-hydrogen) atoms. The Morgan fingerprint density at radius 2 is 0.562 bits per heavy atom. The third-order valence-electron chi connectivity index (χ3n) is 0.707. The maximum absolute atomic E-state index is 2.93. The summed E-state index contributed by atoms with van der Waals surface area (Å²) in [4.78, 5) is 0. The summed E-state index contributed by atoms with van der Waals surface area (Å²) in [6.07, 6.45) is 0. The van der Waals surface area contributed by atoms with Gasteiger partial charge in [-0.2, -0.15) is 0 Å². The average Bonchev–Trinajstić information content (AvgIpc) is 2.39. The van der Waals surface area contributed by atoms with E-state index >= 15 is 0 Å². The molecule has 0 fully saturated rings. The molecule has 4 nitrogen and oxygen atoms in total. The Balaban J connectivity index is -0.0000000600. The first-order chi connectivity index (χ1) is 7.66. The third-order valence-corrected chi connectivity index (χ3v) is 2.92. The number of nitrogens with one attached hydrogen (secondary N) is 4. The summed E-state index contributed by atoms with van der Waals surface area (Å²) in [5, 5.41) is 0. The second-order valence-electron chi connectivity index (χ2n) is 2.12. The van der Waals surface area contributed by atoms with Gasteiger partial charge in [-0.3, -0.25) is 0 Å². The number of rotatable bonds is 4. The molecule has 0 amide bonds. The standard InChI is InChI=1S/4C2H6N.4Ti/c4*1-2-3;;;;/h4*3H,2H2,1H3;;;;/q4*-1;4*+1. The van der Waals surface area contributed by atoms with E-state index in [0.29, 0.717) is 0 Å². The summed E-state index contributed by atoms with van der Waals surface area (Å²) in [5.74, 6) is 0. The summed E-state index contributed by atoms with van der Waals surface area (Å²) in [7, 11) is 0. The summed E-state index contributed by atoms with van der Waals surface area (Å²) < 4.78 is 11.7. The molecule has 0 aromatic carbocycles. The van der Waals surface area contributed by atoms with Gasteiger partial charge in [-0.25, -0.2) is 0 Å². The average molecular weight is 368 g/mol. The van der Waals surface area contributed by atoms with Crippen molar-refractivity contribution in [1.82, 2.24) is 15.2 Å². The molecule has 92 valence electrons. The zero-order chi connectivity index (χ0) is 13.7. The molecule has 0 aliphatic carbocycles. The van der Waals surface area contributed by atoms with Crippen LogP contribution in [0.4, 0.5) is 0 Å². The Morgan fingerprint density at radius 1 is 0.500 bits per heavy atom. The van der Waals surface area contributed by atoms with Crippen LogP contribution in [0.1, 0.15) is 27.7 Å². The van der Waals surface area contributed by atoms with E-state index in [9.17, 15) is 0 Å². The van der Waals surface area contributed by atoms with E-state index < -0.39 is 0 Å². The van der Waals surface area contributed by atoms with Crippen LogP contribution in [0.15, 0.2) is 0 Å². The molecule has 0 unspecified atom stereocenters. The molecular formula is C8H24N4Ti4. The monoisotopic (exact) mass is 368 g/mol. The minimum atomic E-state index is 1.07. The van der Waals surface area contributed by atoms with Gasteiger partial charge in [-0.05, 0) is 0 Å². The van der Waals surface area contributed by atoms with Gasteiger partial charge in [-0.1, -0.05) is 0 Å². The molecule has 0 aliphatic heterocycles. The van der Waals surface area contributed by atoms with Gasteiger partial charge in [0.25, 0.3) is 0 Å². The van der Waals surface area contributed by atoms with Crippen LogP contribution >= 0.6 is 0 Å². The topological polar surface area (TPSA) is 48.1 Å². The second kappa shape index (κ2) is 43.1. The molecular weight excluding hydrogens is 344 g/mol. The van der Waals surface area contributed by atoms with Crippen molar-refractivity contribution >= 4 is 0 Å². The number of hydrogen-bond acceptors (Lipinski definition) is 4. The van der Waals surface area contributed by atoms with E-state index in [1.165, 1.54) is 0 Å². The van der Waals surface area contributed by atoms with Crippen molar-refractivity contribution in [1.29, 1.82) is 0 Å². The van der Waals surface area contributed by atoms with Crippen LogP contribution in [-0.4, -0.2) is 26.2 Å². The summed E-state index contributed by atoms with van der Waals surface area (Å²) >= 11 is 7.72. The zero-order valence-electron chi connectivity index (χ0n) is 10.8. The summed E-state index contributed by atoms with van der Waals surface area (Å²) in [6, 6.07) is 0. The van der Waals surface area contributed by atoms with E-state index in [0.717, 1.165) is 26.2 Å². The van der Waals surface area contributed by atoms with Gasteiger partial charge in [-0.15, -0.1) is 0 Å². The maximum atomic E-state index is 2.93. The molecule has 0 aliphatic rings. The quantitative estimate of drug-likeness (QED) is 0.537. The van der Waals surface area contributed by atoms with Crippen LogP contribution in [0, 0.1) is 0 Å². The molecule has 0 saturated heterocycles. The van der Waals surface area contributed by atoms with Crippen LogP contribution in [0.2, 0.25) is 0 Å². The molecule has 8 heteroatoms. The Hall–Kier alpha value is 2.70. The molecule has 4 N–H and O–H groups in total. The predicted molar refractivity (Wildman–Crippen MR) is 54.7 cm³/mol. The van der Waals surface area contributed by atoms with Gasteiger partial charge in [0, 0.05) is 0 Å². The van der Waals surface area contributed by atoms with Crippen molar-refractivity contribution in [2.24, 2.45) is 0 Å². The Bertz CT molecular complexity index is 48.0. The Morgan fingerprint density at radius 3 is 0.562 bits per heavy atom. The first-order valence-corrected chi connectivity index (χ1v) is 8.37. The Kier molecular flexibility index (Phi) is 73.1. The van der Waals surface area contributed by atoms with E-state index in [1.54, 1.807) is 0 Å². The fourth-order valence-electron chi connectivity index (χ4n) is 0. The summed E-state index contributed by atoms with van der Waals surface area (Å²) in [6.45, 7) is 12.6. The predicted octanol–water partition coefficient (Wildman–Crippen LogP) is 0.231. The molecule has 0 bridgehead atoms. The molecule has 0 saturated carbocycles. The molecule has 0 spiro atoms. The fourth-order valence-corrected chi connectivity index (χ4v) is 0. The van der Waals surface area contributed by atoms with Gasteiger partial charge in [0.2, 0.25) is 0 Å². The minimum absolute atomic E-state index is 1.07. The third kappa shape index (κ3) is 91.7. The molecule has 0 radical (unpaired) electrons. The van der Waals surface area contributed by atoms with Crippen LogP contribution in [-0.2, 0) is 82.8 Å². The first-order valence-electron chi connectivity index (χ1n) is 5.24. The van der Waals surface area contributed by atoms with E-state index in [2.05, 4.69) is 42.9 Å². The van der Waals surface area contributed by atoms with Gasteiger partial charge in [0.15, 0.2) is 0 Å². The van der Waals surface area contributed by atoms with Crippen LogP contribution < -0.4 is 15.2 Å².